The van der Waals surface area contributed by atoms with Crippen LogP contribution >= 0.6 is 15.9 Å². The van der Waals surface area contributed by atoms with Gasteiger partial charge in [0.05, 0.1) is 0 Å². The molecule has 2 aromatic carbocycles. The molecule has 18 heavy (non-hydrogen) atoms. The average Bonchev–Trinajstić information content (AvgIpc) is 2.33. The van der Waals surface area contributed by atoms with Gasteiger partial charge in [0.15, 0.2) is 0 Å². The zero-order valence-corrected chi connectivity index (χ0v) is 11.4. The molecule has 1 nitrogen and oxygen atoms in total. The molecule has 94 valence electrons. The highest BCUT2D eigenvalue weighted by molar-refractivity contribution is 9.10. The van der Waals surface area contributed by atoms with Crippen molar-refractivity contribution in [3.63, 3.8) is 0 Å². The lowest BCUT2D eigenvalue weighted by molar-refractivity contribution is 0.614. The molecule has 0 unspecified atom stereocenters. The monoisotopic (exact) mass is 311 g/mol. The lowest BCUT2D eigenvalue weighted by Crippen LogP contribution is -2.05. The summed E-state index contributed by atoms with van der Waals surface area (Å²) in [7, 11) is 1.79. The molecular weight excluding hydrogens is 300 g/mol. The first-order valence-corrected chi connectivity index (χ1v) is 6.29. The topological polar surface area (TPSA) is 12.0 Å². The molecule has 0 radical (unpaired) electrons. The molecule has 0 fully saturated rings. The number of hydrogen-bond donors (Lipinski definition) is 1. The van der Waals surface area contributed by atoms with Crippen LogP contribution in [0.15, 0.2) is 40.9 Å². The van der Waals surface area contributed by atoms with Gasteiger partial charge in [-0.25, -0.2) is 8.78 Å². The van der Waals surface area contributed by atoms with E-state index < -0.39 is 11.6 Å². The van der Waals surface area contributed by atoms with Gasteiger partial charge in [-0.2, -0.15) is 0 Å². The van der Waals surface area contributed by atoms with Crippen LogP contribution in [-0.2, 0) is 6.54 Å². The molecule has 0 aliphatic carbocycles. The molecule has 0 saturated carbocycles. The minimum Gasteiger partial charge on any atom is -0.316 e. The van der Waals surface area contributed by atoms with E-state index in [0.717, 1.165) is 10.0 Å². The summed E-state index contributed by atoms with van der Waals surface area (Å²) in [6.07, 6.45) is 0. The first-order chi connectivity index (χ1) is 8.61. The quantitative estimate of drug-likeness (QED) is 0.899. The van der Waals surface area contributed by atoms with Gasteiger partial charge in [-0.15, -0.1) is 0 Å². The molecule has 2 aromatic rings. The van der Waals surface area contributed by atoms with E-state index in [0.29, 0.717) is 6.54 Å². The summed E-state index contributed by atoms with van der Waals surface area (Å²) in [5.41, 5.74) is 1.36. The van der Waals surface area contributed by atoms with E-state index in [1.54, 1.807) is 31.3 Å². The molecule has 0 atom stereocenters. The van der Waals surface area contributed by atoms with Crippen molar-refractivity contribution in [1.29, 1.82) is 0 Å². The van der Waals surface area contributed by atoms with Gasteiger partial charge in [0.25, 0.3) is 0 Å². The highest BCUT2D eigenvalue weighted by Crippen LogP contribution is 2.28. The molecule has 1 N–H and O–H groups in total. The first-order valence-electron chi connectivity index (χ1n) is 5.50. The lowest BCUT2D eigenvalue weighted by Gasteiger charge is -2.08. The molecule has 0 bridgehead atoms. The Balaban J connectivity index is 2.47. The second kappa shape index (κ2) is 5.59. The normalized spacial score (nSPS) is 10.7. The number of hydrogen-bond acceptors (Lipinski definition) is 1. The van der Waals surface area contributed by atoms with E-state index in [2.05, 4.69) is 21.2 Å². The standard InChI is InChI=1S/C14H12BrF2N/c1-18-8-9-2-4-11(14(17)6-9)12-7-10(15)3-5-13(12)16/h2-7,18H,8H2,1H3. The van der Waals surface area contributed by atoms with Crippen LogP contribution in [0.4, 0.5) is 8.78 Å². The fourth-order valence-electron chi connectivity index (χ4n) is 1.80. The summed E-state index contributed by atoms with van der Waals surface area (Å²) >= 11 is 3.26. The second-order valence-corrected chi connectivity index (χ2v) is 4.88. The summed E-state index contributed by atoms with van der Waals surface area (Å²) < 4.78 is 28.4. The Kier molecular flexibility index (Phi) is 4.09. The van der Waals surface area contributed by atoms with E-state index in [-0.39, 0.29) is 11.1 Å². The zero-order valence-electron chi connectivity index (χ0n) is 9.81. The Bertz CT molecular complexity index is 570. The summed E-state index contributed by atoms with van der Waals surface area (Å²) in [6, 6.07) is 9.30. The van der Waals surface area contributed by atoms with Crippen molar-refractivity contribution in [3.8, 4) is 11.1 Å². The van der Waals surface area contributed by atoms with Gasteiger partial charge in [-0.3, -0.25) is 0 Å². The SMILES string of the molecule is CNCc1ccc(-c2cc(Br)ccc2F)c(F)c1. The molecule has 0 aliphatic rings. The summed E-state index contributed by atoms with van der Waals surface area (Å²) in [6.45, 7) is 0.582. The molecule has 0 aliphatic heterocycles. The second-order valence-electron chi connectivity index (χ2n) is 3.97. The van der Waals surface area contributed by atoms with E-state index in [1.807, 2.05) is 0 Å². The van der Waals surface area contributed by atoms with Crippen molar-refractivity contribution in [2.24, 2.45) is 0 Å². The largest absolute Gasteiger partial charge is 0.316 e. The van der Waals surface area contributed by atoms with Gasteiger partial charge in [0.1, 0.15) is 11.6 Å². The van der Waals surface area contributed by atoms with Crippen LogP contribution in [0, 0.1) is 11.6 Å². The van der Waals surface area contributed by atoms with Crippen molar-refractivity contribution in [2.75, 3.05) is 7.05 Å². The first kappa shape index (κ1) is 13.2. The minimum absolute atomic E-state index is 0.262. The minimum atomic E-state index is -0.432. The summed E-state index contributed by atoms with van der Waals surface area (Å²) in [5, 5.41) is 2.94. The fourth-order valence-corrected chi connectivity index (χ4v) is 2.16. The van der Waals surface area contributed by atoms with E-state index in [4.69, 9.17) is 0 Å². The van der Waals surface area contributed by atoms with Crippen molar-refractivity contribution in [1.82, 2.24) is 5.32 Å². The predicted molar refractivity (Wildman–Crippen MR) is 72.3 cm³/mol. The molecule has 0 heterocycles. The predicted octanol–water partition coefficient (Wildman–Crippen LogP) is 4.11. The van der Waals surface area contributed by atoms with Crippen LogP contribution in [0.5, 0.6) is 0 Å². The maximum Gasteiger partial charge on any atom is 0.131 e. The highest BCUT2D eigenvalue weighted by Gasteiger charge is 2.11. The van der Waals surface area contributed by atoms with Crippen LogP contribution in [0.3, 0.4) is 0 Å². The van der Waals surface area contributed by atoms with Gasteiger partial charge in [0, 0.05) is 22.1 Å². The van der Waals surface area contributed by atoms with Crippen LogP contribution in [-0.4, -0.2) is 7.05 Å². The number of benzene rings is 2. The molecule has 0 aromatic heterocycles. The van der Waals surface area contributed by atoms with Crippen LogP contribution in [0.1, 0.15) is 5.56 Å². The van der Waals surface area contributed by atoms with Gasteiger partial charge >= 0.3 is 0 Å². The van der Waals surface area contributed by atoms with Crippen LogP contribution in [0.25, 0.3) is 11.1 Å². The molecule has 0 amide bonds. The molecule has 2 rings (SSSR count). The Morgan fingerprint density at radius 3 is 2.44 bits per heavy atom. The maximum atomic E-state index is 14.0. The molecule has 0 saturated heterocycles. The number of rotatable bonds is 3. The van der Waals surface area contributed by atoms with Gasteiger partial charge < -0.3 is 5.32 Å². The third kappa shape index (κ3) is 2.76. The van der Waals surface area contributed by atoms with Gasteiger partial charge in [-0.1, -0.05) is 28.1 Å². The van der Waals surface area contributed by atoms with Crippen molar-refractivity contribution >= 4 is 15.9 Å². The Labute approximate surface area is 113 Å². The van der Waals surface area contributed by atoms with Gasteiger partial charge in [-0.05, 0) is 36.9 Å². The lowest BCUT2D eigenvalue weighted by atomic mass is 10.0. The summed E-state index contributed by atoms with van der Waals surface area (Å²) in [4.78, 5) is 0. The van der Waals surface area contributed by atoms with E-state index in [1.165, 1.54) is 12.1 Å². The Morgan fingerprint density at radius 2 is 1.78 bits per heavy atom. The Hall–Kier alpha value is -1.26. The van der Waals surface area contributed by atoms with E-state index >= 15 is 0 Å². The average molecular weight is 312 g/mol. The third-order valence-electron chi connectivity index (χ3n) is 2.63. The van der Waals surface area contributed by atoms with Gasteiger partial charge in [0.2, 0.25) is 0 Å². The number of nitrogens with one attached hydrogen (secondary N) is 1. The van der Waals surface area contributed by atoms with Crippen molar-refractivity contribution in [3.05, 3.63) is 58.1 Å². The summed E-state index contributed by atoms with van der Waals surface area (Å²) in [5.74, 6) is -0.849. The molecule has 0 spiro atoms. The molecule has 4 heteroatoms. The maximum absolute atomic E-state index is 14.0. The highest BCUT2D eigenvalue weighted by atomic mass is 79.9. The Morgan fingerprint density at radius 1 is 1.00 bits per heavy atom. The van der Waals surface area contributed by atoms with Crippen molar-refractivity contribution < 1.29 is 8.78 Å². The molecular formula is C14H12BrF2N. The van der Waals surface area contributed by atoms with Crippen LogP contribution < -0.4 is 5.32 Å². The van der Waals surface area contributed by atoms with Crippen LogP contribution in [0.2, 0.25) is 0 Å². The van der Waals surface area contributed by atoms with Crippen molar-refractivity contribution in [2.45, 2.75) is 6.54 Å². The van der Waals surface area contributed by atoms with E-state index in [9.17, 15) is 8.78 Å². The third-order valence-corrected chi connectivity index (χ3v) is 3.13. The fraction of sp³-hybridized carbons (Fsp3) is 0.143. The number of halogens is 3. The zero-order chi connectivity index (χ0) is 13.1. The smallest absolute Gasteiger partial charge is 0.131 e.